The number of fused-ring (bicyclic) bond motifs is 1. The first-order chi connectivity index (χ1) is 18.9. The molecule has 0 saturated carbocycles. The molecule has 212 valence electrons. The maximum Gasteiger partial charge on any atom is 0.410 e. The van der Waals surface area contributed by atoms with Gasteiger partial charge in [0.25, 0.3) is 0 Å². The summed E-state index contributed by atoms with van der Waals surface area (Å²) in [6, 6.07) is 18.2. The van der Waals surface area contributed by atoms with E-state index in [0.29, 0.717) is 31.6 Å². The van der Waals surface area contributed by atoms with Crippen LogP contribution in [-0.4, -0.2) is 51.5 Å². The molecule has 1 saturated heterocycles. The SMILES string of the molecule is CC(C)(C)OC(=O)N1CCC(c2nn(C(c3ccccc3)c3ccccc3)c3c2C(C(F)(F)F)CC(=O)N3)CC1. The highest BCUT2D eigenvalue weighted by atomic mass is 19.4. The predicted octanol–water partition coefficient (Wildman–Crippen LogP) is 6.62. The van der Waals surface area contributed by atoms with Gasteiger partial charge in [0, 0.05) is 31.0 Å². The Morgan fingerprint density at radius 3 is 2.02 bits per heavy atom. The fourth-order valence-electron chi connectivity index (χ4n) is 5.58. The van der Waals surface area contributed by atoms with Crippen molar-refractivity contribution in [3.63, 3.8) is 0 Å². The zero-order chi connectivity index (χ0) is 28.7. The maximum atomic E-state index is 14.4. The van der Waals surface area contributed by atoms with Crippen molar-refractivity contribution < 1.29 is 27.5 Å². The minimum atomic E-state index is -4.62. The number of nitrogens with zero attached hydrogens (tertiary/aromatic N) is 3. The highest BCUT2D eigenvalue weighted by molar-refractivity contribution is 5.94. The molecule has 2 aromatic carbocycles. The van der Waals surface area contributed by atoms with Gasteiger partial charge in [-0.15, -0.1) is 0 Å². The number of carbonyl (C=O) groups excluding carboxylic acids is 2. The van der Waals surface area contributed by atoms with Crippen molar-refractivity contribution >= 4 is 17.8 Å². The summed E-state index contributed by atoms with van der Waals surface area (Å²) in [6.45, 7) is 6.05. The molecule has 1 fully saturated rings. The van der Waals surface area contributed by atoms with Crippen LogP contribution in [0.15, 0.2) is 60.7 Å². The summed E-state index contributed by atoms with van der Waals surface area (Å²) >= 11 is 0. The minimum Gasteiger partial charge on any atom is -0.444 e. The Kier molecular flexibility index (Phi) is 7.37. The molecule has 0 bridgehead atoms. The number of hydrogen-bond donors (Lipinski definition) is 1. The summed E-state index contributed by atoms with van der Waals surface area (Å²) in [5.74, 6) is -2.89. The van der Waals surface area contributed by atoms with E-state index in [4.69, 9.17) is 9.84 Å². The molecule has 1 atom stereocenters. The lowest BCUT2D eigenvalue weighted by atomic mass is 9.84. The normalized spacial score (nSPS) is 18.4. The number of benzene rings is 2. The fraction of sp³-hybridized carbons (Fsp3) is 0.433. The number of piperidine rings is 1. The first-order valence-corrected chi connectivity index (χ1v) is 13.5. The molecule has 1 N–H and O–H groups in total. The first-order valence-electron chi connectivity index (χ1n) is 13.5. The predicted molar refractivity (Wildman–Crippen MR) is 144 cm³/mol. The van der Waals surface area contributed by atoms with Crippen LogP contribution in [0.5, 0.6) is 0 Å². The largest absolute Gasteiger partial charge is 0.444 e. The van der Waals surface area contributed by atoms with Gasteiger partial charge in [-0.05, 0) is 44.7 Å². The zero-order valence-electron chi connectivity index (χ0n) is 22.7. The number of halogens is 3. The van der Waals surface area contributed by atoms with E-state index in [1.165, 1.54) is 0 Å². The number of anilines is 1. The summed E-state index contributed by atoms with van der Waals surface area (Å²) in [4.78, 5) is 26.8. The Labute approximate surface area is 231 Å². The van der Waals surface area contributed by atoms with Crippen LogP contribution in [0.4, 0.5) is 23.8 Å². The topological polar surface area (TPSA) is 76.5 Å². The van der Waals surface area contributed by atoms with Gasteiger partial charge in [0.15, 0.2) is 0 Å². The smallest absolute Gasteiger partial charge is 0.410 e. The highest BCUT2D eigenvalue weighted by Gasteiger charge is 2.50. The van der Waals surface area contributed by atoms with Gasteiger partial charge in [-0.1, -0.05) is 60.7 Å². The van der Waals surface area contributed by atoms with E-state index in [9.17, 15) is 22.8 Å². The van der Waals surface area contributed by atoms with Crippen molar-refractivity contribution in [3.8, 4) is 0 Å². The molecule has 0 radical (unpaired) electrons. The molecule has 2 aliphatic rings. The number of alkyl halides is 3. The van der Waals surface area contributed by atoms with Gasteiger partial charge in [0.1, 0.15) is 17.5 Å². The van der Waals surface area contributed by atoms with E-state index in [1.807, 2.05) is 60.7 Å². The Morgan fingerprint density at radius 1 is 0.975 bits per heavy atom. The lowest BCUT2D eigenvalue weighted by molar-refractivity contribution is -0.157. The molecule has 1 aromatic heterocycles. The summed E-state index contributed by atoms with van der Waals surface area (Å²) < 4.78 is 50.3. The van der Waals surface area contributed by atoms with Gasteiger partial charge < -0.3 is 15.0 Å². The van der Waals surface area contributed by atoms with E-state index in [0.717, 1.165) is 11.1 Å². The van der Waals surface area contributed by atoms with Gasteiger partial charge in [-0.2, -0.15) is 18.3 Å². The first kappa shape index (κ1) is 27.7. The van der Waals surface area contributed by atoms with E-state index in [2.05, 4.69) is 5.32 Å². The molecular formula is C30H33F3N4O3. The Balaban J connectivity index is 1.59. The van der Waals surface area contributed by atoms with Crippen LogP contribution in [0, 0.1) is 0 Å². The number of aromatic nitrogens is 2. The van der Waals surface area contributed by atoms with Gasteiger partial charge in [-0.3, -0.25) is 4.79 Å². The number of carbonyl (C=O) groups is 2. The number of hydrogen-bond acceptors (Lipinski definition) is 4. The third kappa shape index (κ3) is 5.71. The van der Waals surface area contributed by atoms with Gasteiger partial charge >= 0.3 is 12.3 Å². The molecule has 2 amide bonds. The molecule has 40 heavy (non-hydrogen) atoms. The number of amides is 2. The third-order valence-corrected chi connectivity index (χ3v) is 7.38. The van der Waals surface area contributed by atoms with Gasteiger partial charge in [0.2, 0.25) is 5.91 Å². The molecule has 5 rings (SSSR count). The molecule has 10 heteroatoms. The van der Waals surface area contributed by atoms with Crippen molar-refractivity contribution in [3.05, 3.63) is 83.0 Å². The summed E-state index contributed by atoms with van der Waals surface area (Å²) in [6.07, 6.45) is -4.88. The van der Waals surface area contributed by atoms with Gasteiger partial charge in [0.05, 0.1) is 11.6 Å². The summed E-state index contributed by atoms with van der Waals surface area (Å²) in [5, 5.41) is 7.60. The zero-order valence-corrected chi connectivity index (χ0v) is 22.7. The number of rotatable bonds is 4. The lowest BCUT2D eigenvalue weighted by Gasteiger charge is -2.34. The highest BCUT2D eigenvalue weighted by Crippen LogP contribution is 2.49. The Hall–Kier alpha value is -3.82. The third-order valence-electron chi connectivity index (χ3n) is 7.38. The summed E-state index contributed by atoms with van der Waals surface area (Å²) in [7, 11) is 0. The van der Waals surface area contributed by atoms with Crippen molar-refractivity contribution in [2.45, 2.75) is 69.7 Å². The van der Waals surface area contributed by atoms with E-state index >= 15 is 0 Å². The number of likely N-dealkylation sites (tertiary alicyclic amines) is 1. The minimum absolute atomic E-state index is 0.0275. The van der Waals surface area contributed by atoms with Crippen LogP contribution in [0.3, 0.4) is 0 Å². The average Bonchev–Trinajstić information content (AvgIpc) is 3.27. The molecule has 3 heterocycles. The standard InChI is InChI=1S/C30H33F3N4O3/c1-29(2,3)40-28(39)36-16-14-19(15-17-36)25-24-22(30(31,32)33)18-23(38)34-27(24)37(35-25)26(20-10-6-4-7-11-20)21-12-8-5-9-13-21/h4-13,19,22,26H,14-18H2,1-3H3,(H,34,38). The molecule has 1 unspecified atom stereocenters. The molecular weight excluding hydrogens is 521 g/mol. The Bertz CT molecular complexity index is 1320. The van der Waals surface area contributed by atoms with Crippen molar-refractivity contribution in [2.75, 3.05) is 18.4 Å². The van der Waals surface area contributed by atoms with Gasteiger partial charge in [-0.25, -0.2) is 9.48 Å². The molecule has 2 aliphatic heterocycles. The van der Waals surface area contributed by atoms with Crippen LogP contribution in [0.1, 0.15) is 80.3 Å². The summed E-state index contributed by atoms with van der Waals surface area (Å²) in [5.41, 5.74) is 1.37. The second-order valence-electron chi connectivity index (χ2n) is 11.4. The lowest BCUT2D eigenvalue weighted by Crippen LogP contribution is -2.41. The van der Waals surface area contributed by atoms with Crippen LogP contribution < -0.4 is 5.32 Å². The number of ether oxygens (including phenoxy) is 1. The van der Waals surface area contributed by atoms with Crippen LogP contribution in [-0.2, 0) is 9.53 Å². The molecule has 0 aliphatic carbocycles. The average molecular weight is 555 g/mol. The van der Waals surface area contributed by atoms with E-state index in [-0.39, 0.29) is 17.3 Å². The van der Waals surface area contributed by atoms with Crippen molar-refractivity contribution in [1.82, 2.24) is 14.7 Å². The maximum absolute atomic E-state index is 14.4. The molecule has 0 spiro atoms. The quantitative estimate of drug-likeness (QED) is 0.393. The fourth-order valence-corrected chi connectivity index (χ4v) is 5.58. The second kappa shape index (κ2) is 10.6. The van der Waals surface area contributed by atoms with Crippen LogP contribution in [0.2, 0.25) is 0 Å². The number of nitrogens with one attached hydrogen (secondary N) is 1. The molecule has 7 nitrogen and oxygen atoms in total. The van der Waals surface area contributed by atoms with E-state index < -0.39 is 42.2 Å². The van der Waals surface area contributed by atoms with Crippen LogP contribution >= 0.6 is 0 Å². The molecule has 3 aromatic rings. The van der Waals surface area contributed by atoms with Crippen LogP contribution in [0.25, 0.3) is 0 Å². The second-order valence-corrected chi connectivity index (χ2v) is 11.4. The monoisotopic (exact) mass is 554 g/mol. The Morgan fingerprint density at radius 2 is 1.52 bits per heavy atom. The van der Waals surface area contributed by atoms with E-state index in [1.54, 1.807) is 30.4 Å². The van der Waals surface area contributed by atoms with Crippen molar-refractivity contribution in [2.24, 2.45) is 0 Å². The van der Waals surface area contributed by atoms with Crippen molar-refractivity contribution in [1.29, 1.82) is 0 Å².